The van der Waals surface area contributed by atoms with E-state index >= 15 is 0 Å². The zero-order valence-corrected chi connectivity index (χ0v) is 11.8. The Hall–Kier alpha value is -0.610. The maximum Gasteiger partial charge on any atom is 0.221 e. The second kappa shape index (κ2) is 6.23. The van der Waals surface area contributed by atoms with E-state index in [1.807, 2.05) is 0 Å². The number of carbonyl (C=O) groups excluding carboxylic acids is 1. The van der Waals surface area contributed by atoms with Gasteiger partial charge in [-0.3, -0.25) is 4.79 Å². The number of carbonyl (C=O) groups is 1. The van der Waals surface area contributed by atoms with Crippen LogP contribution < -0.4 is 16.0 Å². The van der Waals surface area contributed by atoms with Gasteiger partial charge in [0, 0.05) is 31.1 Å². The van der Waals surface area contributed by atoms with Crippen molar-refractivity contribution in [2.75, 3.05) is 13.1 Å². The molecule has 0 radical (unpaired) electrons. The molecule has 2 saturated heterocycles. The number of hydrogen-bond acceptors (Lipinski definition) is 3. The van der Waals surface area contributed by atoms with Crippen LogP contribution in [0.1, 0.15) is 51.4 Å². The Kier molecular flexibility index (Phi) is 4.38. The standard InChI is InChI=1S/C15H27N3O/c19-15-9-11(10-17-15)18-14-7-2-1-5-12(14)13-6-3-4-8-16-13/h11-14,16,18H,1-10H2,(H,17,19). The second-order valence-corrected chi connectivity index (χ2v) is 6.48. The molecule has 108 valence electrons. The molecule has 3 rings (SSSR count). The van der Waals surface area contributed by atoms with Crippen LogP contribution >= 0.6 is 0 Å². The van der Waals surface area contributed by atoms with Gasteiger partial charge in [0.05, 0.1) is 0 Å². The molecule has 2 aliphatic heterocycles. The van der Waals surface area contributed by atoms with Crippen LogP contribution in [0.15, 0.2) is 0 Å². The zero-order valence-electron chi connectivity index (χ0n) is 11.8. The Bertz CT molecular complexity index is 315. The molecule has 4 atom stereocenters. The molecule has 19 heavy (non-hydrogen) atoms. The summed E-state index contributed by atoms with van der Waals surface area (Å²) in [6.45, 7) is 2.01. The van der Waals surface area contributed by atoms with Gasteiger partial charge in [-0.15, -0.1) is 0 Å². The quantitative estimate of drug-likeness (QED) is 0.718. The maximum absolute atomic E-state index is 11.3. The van der Waals surface area contributed by atoms with Crippen molar-refractivity contribution < 1.29 is 4.79 Å². The Morgan fingerprint density at radius 2 is 1.89 bits per heavy atom. The minimum absolute atomic E-state index is 0.209. The molecule has 0 bridgehead atoms. The van der Waals surface area contributed by atoms with E-state index in [4.69, 9.17) is 0 Å². The summed E-state index contributed by atoms with van der Waals surface area (Å²) in [6, 6.07) is 1.68. The molecule has 0 aromatic carbocycles. The van der Waals surface area contributed by atoms with Crippen LogP contribution in [0.4, 0.5) is 0 Å². The van der Waals surface area contributed by atoms with Gasteiger partial charge >= 0.3 is 0 Å². The molecule has 3 aliphatic rings. The fourth-order valence-electron chi connectivity index (χ4n) is 4.12. The number of hydrogen-bond donors (Lipinski definition) is 3. The smallest absolute Gasteiger partial charge is 0.221 e. The maximum atomic E-state index is 11.3. The number of rotatable bonds is 3. The number of amides is 1. The highest BCUT2D eigenvalue weighted by molar-refractivity contribution is 5.78. The fourth-order valence-corrected chi connectivity index (χ4v) is 4.12. The van der Waals surface area contributed by atoms with E-state index in [0.717, 1.165) is 12.5 Å². The molecule has 1 aliphatic carbocycles. The lowest BCUT2D eigenvalue weighted by atomic mass is 9.77. The summed E-state index contributed by atoms with van der Waals surface area (Å²) in [7, 11) is 0. The Labute approximate surface area is 116 Å². The van der Waals surface area contributed by atoms with Crippen LogP contribution in [0.25, 0.3) is 0 Å². The molecule has 2 heterocycles. The normalized spacial score (nSPS) is 40.1. The number of nitrogens with one attached hydrogen (secondary N) is 3. The Balaban J connectivity index is 1.58. The first-order valence-corrected chi connectivity index (χ1v) is 8.09. The molecule has 1 saturated carbocycles. The van der Waals surface area contributed by atoms with Gasteiger partial charge in [0.15, 0.2) is 0 Å². The highest BCUT2D eigenvalue weighted by Crippen LogP contribution is 2.31. The molecule has 0 aromatic heterocycles. The lowest BCUT2D eigenvalue weighted by molar-refractivity contribution is -0.119. The average Bonchev–Trinajstić information content (AvgIpc) is 2.86. The van der Waals surface area contributed by atoms with Crippen LogP contribution in [0, 0.1) is 5.92 Å². The van der Waals surface area contributed by atoms with Gasteiger partial charge in [0.25, 0.3) is 0 Å². The molecule has 4 heteroatoms. The highest BCUT2D eigenvalue weighted by Gasteiger charge is 2.34. The van der Waals surface area contributed by atoms with Crippen LogP contribution in [-0.4, -0.2) is 37.1 Å². The van der Waals surface area contributed by atoms with Gasteiger partial charge < -0.3 is 16.0 Å². The van der Waals surface area contributed by atoms with Crippen LogP contribution in [0.5, 0.6) is 0 Å². The predicted molar refractivity (Wildman–Crippen MR) is 75.9 cm³/mol. The highest BCUT2D eigenvalue weighted by atomic mass is 16.1. The molecule has 0 spiro atoms. The van der Waals surface area contributed by atoms with E-state index in [1.165, 1.54) is 51.5 Å². The first kappa shape index (κ1) is 13.4. The van der Waals surface area contributed by atoms with E-state index in [1.54, 1.807) is 0 Å². The summed E-state index contributed by atoms with van der Waals surface area (Å²) in [6.07, 6.45) is 10.1. The van der Waals surface area contributed by atoms with Crippen molar-refractivity contribution >= 4 is 5.91 Å². The molecule has 3 N–H and O–H groups in total. The van der Waals surface area contributed by atoms with Gasteiger partial charge in [0.1, 0.15) is 0 Å². The van der Waals surface area contributed by atoms with Crippen molar-refractivity contribution in [3.8, 4) is 0 Å². The molecule has 3 fully saturated rings. The van der Waals surface area contributed by atoms with Crippen molar-refractivity contribution in [2.45, 2.75) is 69.5 Å². The van der Waals surface area contributed by atoms with E-state index in [-0.39, 0.29) is 5.91 Å². The summed E-state index contributed by atoms with van der Waals surface area (Å²) in [5.41, 5.74) is 0. The Morgan fingerprint density at radius 3 is 2.63 bits per heavy atom. The summed E-state index contributed by atoms with van der Waals surface area (Å²) >= 11 is 0. The SMILES string of the molecule is O=C1CC(NC2CCCCC2C2CCCCN2)CN1. The van der Waals surface area contributed by atoms with E-state index < -0.39 is 0 Å². The van der Waals surface area contributed by atoms with Gasteiger partial charge in [0.2, 0.25) is 5.91 Å². The third-order valence-corrected chi connectivity index (χ3v) is 5.11. The monoisotopic (exact) mass is 265 g/mol. The van der Waals surface area contributed by atoms with Crippen LogP contribution in [0.2, 0.25) is 0 Å². The third kappa shape index (κ3) is 3.29. The summed E-state index contributed by atoms with van der Waals surface area (Å²) in [5, 5.41) is 10.4. The predicted octanol–water partition coefficient (Wildman–Crippen LogP) is 1.17. The fraction of sp³-hybridized carbons (Fsp3) is 0.933. The minimum atomic E-state index is 0.209. The van der Waals surface area contributed by atoms with E-state index in [0.29, 0.717) is 24.5 Å². The van der Waals surface area contributed by atoms with E-state index in [9.17, 15) is 4.79 Å². The Morgan fingerprint density at radius 1 is 1.05 bits per heavy atom. The van der Waals surface area contributed by atoms with E-state index in [2.05, 4.69) is 16.0 Å². The molecule has 4 nitrogen and oxygen atoms in total. The first-order valence-electron chi connectivity index (χ1n) is 8.09. The van der Waals surface area contributed by atoms with Crippen molar-refractivity contribution in [3.05, 3.63) is 0 Å². The topological polar surface area (TPSA) is 53.2 Å². The van der Waals surface area contributed by atoms with Gasteiger partial charge in [-0.05, 0) is 38.1 Å². The molecule has 0 aromatic rings. The van der Waals surface area contributed by atoms with Crippen molar-refractivity contribution in [1.82, 2.24) is 16.0 Å². The van der Waals surface area contributed by atoms with Crippen LogP contribution in [0.3, 0.4) is 0 Å². The largest absolute Gasteiger partial charge is 0.354 e. The van der Waals surface area contributed by atoms with Crippen molar-refractivity contribution in [1.29, 1.82) is 0 Å². The second-order valence-electron chi connectivity index (χ2n) is 6.48. The molecular weight excluding hydrogens is 238 g/mol. The molecular formula is C15H27N3O. The summed E-state index contributed by atoms with van der Waals surface area (Å²) < 4.78 is 0. The van der Waals surface area contributed by atoms with Crippen LogP contribution in [-0.2, 0) is 4.79 Å². The molecule has 4 unspecified atom stereocenters. The summed E-state index contributed by atoms with van der Waals surface area (Å²) in [5.74, 6) is 0.977. The van der Waals surface area contributed by atoms with Crippen molar-refractivity contribution in [3.63, 3.8) is 0 Å². The lowest BCUT2D eigenvalue weighted by Gasteiger charge is -2.41. The minimum Gasteiger partial charge on any atom is -0.354 e. The average molecular weight is 265 g/mol. The molecule has 1 amide bonds. The summed E-state index contributed by atoms with van der Waals surface area (Å²) in [4.78, 5) is 11.3. The number of piperidine rings is 1. The van der Waals surface area contributed by atoms with Crippen molar-refractivity contribution in [2.24, 2.45) is 5.92 Å². The third-order valence-electron chi connectivity index (χ3n) is 5.11. The zero-order chi connectivity index (χ0) is 13.1. The lowest BCUT2D eigenvalue weighted by Crippen LogP contribution is -2.53. The first-order chi connectivity index (χ1) is 9.33. The van der Waals surface area contributed by atoms with Gasteiger partial charge in [-0.1, -0.05) is 19.3 Å². The van der Waals surface area contributed by atoms with Gasteiger partial charge in [-0.2, -0.15) is 0 Å². The van der Waals surface area contributed by atoms with Gasteiger partial charge in [-0.25, -0.2) is 0 Å².